The van der Waals surface area contributed by atoms with Gasteiger partial charge in [0, 0.05) is 27.1 Å². The zero-order valence-electron chi connectivity index (χ0n) is 44.7. The minimum atomic E-state index is -4.75. The van der Waals surface area contributed by atoms with Gasteiger partial charge in [-0.1, -0.05) is 148 Å². The lowest BCUT2D eigenvalue weighted by Gasteiger charge is -2.21. The SMILES string of the molecule is Cc1cc(C)cc(-c2ccc3c(c2)c2cc(-c4cc(C)cc(C)c4)ccc2n3-c2ccc(-c3cc(C#N)cc(C(F)(F)F)c3)c(-n3c4ccc(-c5cc(C)cc(C)c5)cc4c4cc(-c5cc(C)cc(C)c5)ccc43)c2C#N)c1. The lowest BCUT2D eigenvalue weighted by Crippen LogP contribution is -2.08. The molecule has 378 valence electrons. The summed E-state index contributed by atoms with van der Waals surface area (Å²) in [5.41, 5.74) is 21.4. The van der Waals surface area contributed by atoms with Crippen LogP contribution in [0, 0.1) is 78.1 Å². The molecule has 0 unspecified atom stereocenters. The Balaban J connectivity index is 1.21. The number of nitriles is 2. The predicted molar refractivity (Wildman–Crippen MR) is 315 cm³/mol. The molecule has 10 aromatic carbocycles. The molecule has 0 amide bonds. The van der Waals surface area contributed by atoms with E-state index < -0.39 is 11.7 Å². The summed E-state index contributed by atoms with van der Waals surface area (Å²) >= 11 is 0. The van der Waals surface area contributed by atoms with Crippen LogP contribution in [0.5, 0.6) is 0 Å². The first-order chi connectivity index (χ1) is 37.4. The quantitative estimate of drug-likeness (QED) is 0.160. The van der Waals surface area contributed by atoms with Gasteiger partial charge in [-0.3, -0.25) is 0 Å². The molecule has 12 aromatic rings. The van der Waals surface area contributed by atoms with E-state index in [1.807, 2.05) is 18.2 Å². The fourth-order valence-corrected chi connectivity index (χ4v) is 12.2. The minimum Gasteiger partial charge on any atom is -0.308 e. The maximum Gasteiger partial charge on any atom is 0.416 e. The number of hydrogen-bond donors (Lipinski definition) is 0. The van der Waals surface area contributed by atoms with Crippen molar-refractivity contribution >= 4 is 43.6 Å². The number of aryl methyl sites for hydroxylation is 8. The molecule has 0 saturated heterocycles. The van der Waals surface area contributed by atoms with Gasteiger partial charge >= 0.3 is 6.18 Å². The monoisotopic (exact) mass is 1020 g/mol. The van der Waals surface area contributed by atoms with Gasteiger partial charge in [0.15, 0.2) is 0 Å². The molecule has 7 heteroatoms. The molecule has 0 bridgehead atoms. The Morgan fingerprint density at radius 1 is 0.333 bits per heavy atom. The number of fused-ring (bicyclic) bond motifs is 6. The van der Waals surface area contributed by atoms with E-state index in [1.165, 1.54) is 6.07 Å². The van der Waals surface area contributed by atoms with Crippen LogP contribution in [-0.4, -0.2) is 9.13 Å². The summed E-state index contributed by atoms with van der Waals surface area (Å²) in [4.78, 5) is 0. The molecular formula is C71H53F3N4. The lowest BCUT2D eigenvalue weighted by molar-refractivity contribution is -0.137. The largest absolute Gasteiger partial charge is 0.416 e. The van der Waals surface area contributed by atoms with Gasteiger partial charge in [-0.2, -0.15) is 23.7 Å². The van der Waals surface area contributed by atoms with Crippen LogP contribution in [0.1, 0.15) is 61.2 Å². The van der Waals surface area contributed by atoms with E-state index in [9.17, 15) is 23.7 Å². The van der Waals surface area contributed by atoms with E-state index in [1.54, 1.807) is 0 Å². The van der Waals surface area contributed by atoms with Gasteiger partial charge in [0.2, 0.25) is 0 Å². The van der Waals surface area contributed by atoms with E-state index in [0.29, 0.717) is 16.9 Å². The number of hydrogen-bond acceptors (Lipinski definition) is 2. The van der Waals surface area contributed by atoms with E-state index in [4.69, 9.17) is 0 Å². The molecule has 0 radical (unpaired) electrons. The van der Waals surface area contributed by atoms with Crippen molar-refractivity contribution in [2.24, 2.45) is 0 Å². The van der Waals surface area contributed by atoms with Crippen LogP contribution >= 0.6 is 0 Å². The normalized spacial score (nSPS) is 11.8. The Bertz CT molecular complexity index is 4310. The lowest BCUT2D eigenvalue weighted by atomic mass is 9.95. The summed E-state index contributed by atoms with van der Waals surface area (Å²) in [6.07, 6.45) is -4.75. The number of halogens is 3. The average molecular weight is 1020 g/mol. The van der Waals surface area contributed by atoms with Crippen LogP contribution < -0.4 is 0 Å². The molecule has 0 atom stereocenters. The summed E-state index contributed by atoms with van der Waals surface area (Å²) in [6, 6.07) is 63.5. The van der Waals surface area contributed by atoms with Gasteiger partial charge in [-0.15, -0.1) is 0 Å². The van der Waals surface area contributed by atoms with Crippen molar-refractivity contribution in [1.82, 2.24) is 9.13 Å². The molecule has 0 spiro atoms. The van der Waals surface area contributed by atoms with Gasteiger partial charge in [-0.25, -0.2) is 0 Å². The first-order valence-corrected chi connectivity index (χ1v) is 26.1. The highest BCUT2D eigenvalue weighted by Crippen LogP contribution is 2.46. The summed E-state index contributed by atoms with van der Waals surface area (Å²) in [7, 11) is 0. The zero-order chi connectivity index (χ0) is 54.5. The fourth-order valence-electron chi connectivity index (χ4n) is 12.2. The average Bonchev–Trinajstić information content (AvgIpc) is 4.03. The number of nitrogens with zero attached hydrogens (tertiary/aromatic N) is 4. The molecule has 12 rings (SSSR count). The maximum absolute atomic E-state index is 14.9. The standard InChI is InChI=1S/C71H53F3N4/c1-40-19-41(2)24-53(23-40)49-9-14-65-60(34-49)61-35-50(54-25-42(3)20-43(4)26-54)10-15-66(61)77(65)69-18-13-59(57-31-48(38-75)32-58(33-57)71(72,73)74)70(64(69)39-76)78-67-16-11-51(55-27-44(5)21-45(6)28-55)36-62(67)63-37-52(12-17-68(63)78)56-29-46(7)22-47(8)30-56/h9-37H,1-8H3. The molecule has 0 aliphatic carbocycles. The molecule has 2 heterocycles. The van der Waals surface area contributed by atoms with Crippen molar-refractivity contribution in [1.29, 1.82) is 10.5 Å². The van der Waals surface area contributed by atoms with E-state index >= 15 is 0 Å². The Kier molecular flexibility index (Phi) is 11.8. The second-order valence-electron chi connectivity index (χ2n) is 21.5. The number of rotatable bonds is 7. The second-order valence-corrected chi connectivity index (χ2v) is 21.5. The predicted octanol–water partition coefficient (Wildman–Crippen LogP) is 19.4. The first kappa shape index (κ1) is 49.4. The minimum absolute atomic E-state index is 0.145. The number of benzene rings is 10. The van der Waals surface area contributed by atoms with Crippen LogP contribution in [0.25, 0.3) is 111 Å². The van der Waals surface area contributed by atoms with Crippen molar-refractivity contribution < 1.29 is 13.2 Å². The second kappa shape index (κ2) is 18.7. The van der Waals surface area contributed by atoms with E-state index in [0.717, 1.165) is 145 Å². The summed E-state index contributed by atoms with van der Waals surface area (Å²) in [5.74, 6) is 0. The summed E-state index contributed by atoms with van der Waals surface area (Å²) in [6.45, 7) is 16.8. The Morgan fingerprint density at radius 2 is 0.679 bits per heavy atom. The van der Waals surface area contributed by atoms with Crippen molar-refractivity contribution in [3.05, 3.63) is 237 Å². The smallest absolute Gasteiger partial charge is 0.308 e. The van der Waals surface area contributed by atoms with Crippen LogP contribution in [0.2, 0.25) is 0 Å². The third kappa shape index (κ3) is 8.68. The third-order valence-corrected chi connectivity index (χ3v) is 15.2. The molecule has 4 nitrogen and oxygen atoms in total. The fraction of sp³-hybridized carbons (Fsp3) is 0.127. The molecule has 2 aromatic heterocycles. The Labute approximate surface area is 452 Å². The van der Waals surface area contributed by atoms with Crippen LogP contribution in [0.4, 0.5) is 13.2 Å². The highest BCUT2D eigenvalue weighted by Gasteiger charge is 2.33. The molecule has 0 aliphatic heterocycles. The van der Waals surface area contributed by atoms with Crippen molar-refractivity contribution in [2.75, 3.05) is 0 Å². The maximum atomic E-state index is 14.9. The molecule has 0 N–H and O–H groups in total. The number of aromatic nitrogens is 2. The van der Waals surface area contributed by atoms with Gasteiger partial charge in [-0.05, 0) is 178 Å². The Hall–Kier alpha value is -9.43. The highest BCUT2D eigenvalue weighted by atomic mass is 19.4. The van der Waals surface area contributed by atoms with Crippen molar-refractivity contribution in [3.8, 4) is 79.1 Å². The molecule has 78 heavy (non-hydrogen) atoms. The third-order valence-electron chi connectivity index (χ3n) is 15.2. The van der Waals surface area contributed by atoms with E-state index in [-0.39, 0.29) is 16.7 Å². The molecular weight excluding hydrogens is 966 g/mol. The Morgan fingerprint density at radius 3 is 1.00 bits per heavy atom. The van der Waals surface area contributed by atoms with Crippen molar-refractivity contribution in [3.63, 3.8) is 0 Å². The molecule has 0 fully saturated rings. The summed E-state index contributed by atoms with van der Waals surface area (Å²) < 4.78 is 48.9. The van der Waals surface area contributed by atoms with Crippen LogP contribution in [0.15, 0.2) is 176 Å². The topological polar surface area (TPSA) is 57.4 Å². The van der Waals surface area contributed by atoms with Crippen LogP contribution in [-0.2, 0) is 6.18 Å². The van der Waals surface area contributed by atoms with Crippen LogP contribution in [0.3, 0.4) is 0 Å². The molecule has 0 saturated carbocycles. The number of alkyl halides is 3. The van der Waals surface area contributed by atoms with Gasteiger partial charge < -0.3 is 9.13 Å². The highest BCUT2D eigenvalue weighted by molar-refractivity contribution is 6.14. The molecule has 0 aliphatic rings. The van der Waals surface area contributed by atoms with Gasteiger partial charge in [0.25, 0.3) is 0 Å². The first-order valence-electron chi connectivity index (χ1n) is 26.1. The van der Waals surface area contributed by atoms with Gasteiger partial charge in [0.1, 0.15) is 11.6 Å². The summed E-state index contributed by atoms with van der Waals surface area (Å²) in [5, 5.41) is 26.1. The zero-order valence-corrected chi connectivity index (χ0v) is 44.7. The van der Waals surface area contributed by atoms with Crippen molar-refractivity contribution in [2.45, 2.75) is 61.6 Å². The van der Waals surface area contributed by atoms with Gasteiger partial charge in [0.05, 0.1) is 50.6 Å². The van der Waals surface area contributed by atoms with E-state index in [2.05, 4.69) is 216 Å².